The number of hydrogen-bond acceptors (Lipinski definition) is 5. The number of carbonyl (C=O) groups excluding carboxylic acids is 1. The molecule has 3 N–H and O–H groups in total. The Kier molecular flexibility index (Phi) is 5.41. The minimum Gasteiger partial charge on any atom is -0.496 e. The van der Waals surface area contributed by atoms with E-state index in [1.165, 1.54) is 0 Å². The molecule has 21 heavy (non-hydrogen) atoms. The van der Waals surface area contributed by atoms with Gasteiger partial charge < -0.3 is 20.5 Å². The van der Waals surface area contributed by atoms with Crippen LogP contribution in [0.3, 0.4) is 0 Å². The van der Waals surface area contributed by atoms with Crippen LogP contribution in [0, 0.1) is 0 Å². The molecule has 1 atom stereocenters. The van der Waals surface area contributed by atoms with Gasteiger partial charge in [-0.15, -0.1) is 0 Å². The molecule has 1 heterocycles. The van der Waals surface area contributed by atoms with Crippen molar-refractivity contribution in [3.63, 3.8) is 0 Å². The first-order valence-corrected chi connectivity index (χ1v) is 7.17. The fourth-order valence-corrected chi connectivity index (χ4v) is 2.47. The maximum atomic E-state index is 12.1. The van der Waals surface area contributed by atoms with Gasteiger partial charge in [0, 0.05) is 37.0 Å². The summed E-state index contributed by atoms with van der Waals surface area (Å²) in [6, 6.07) is 5.33. The quantitative estimate of drug-likeness (QED) is 0.778. The molecule has 0 aromatic heterocycles. The van der Waals surface area contributed by atoms with Gasteiger partial charge in [-0.2, -0.15) is 0 Å². The summed E-state index contributed by atoms with van der Waals surface area (Å²) in [5.41, 5.74) is 7.45. The fraction of sp³-hybridized carbons (Fsp3) is 0.533. The van der Waals surface area contributed by atoms with E-state index in [-0.39, 0.29) is 11.9 Å². The van der Waals surface area contributed by atoms with E-state index in [9.17, 15) is 4.79 Å². The Morgan fingerprint density at radius 3 is 3.10 bits per heavy atom. The number of carbonyl (C=O) groups is 1. The molecule has 2 rings (SSSR count). The zero-order valence-corrected chi connectivity index (χ0v) is 12.6. The number of nitrogens with zero attached hydrogens (tertiary/aromatic N) is 1. The summed E-state index contributed by atoms with van der Waals surface area (Å²) >= 11 is 0. The zero-order chi connectivity index (χ0) is 15.2. The molecule has 1 unspecified atom stereocenters. The summed E-state index contributed by atoms with van der Waals surface area (Å²) < 4.78 is 10.8. The van der Waals surface area contributed by atoms with Crippen LogP contribution in [0.5, 0.6) is 5.75 Å². The highest BCUT2D eigenvalue weighted by Crippen LogP contribution is 2.24. The maximum absolute atomic E-state index is 12.1. The average molecular weight is 293 g/mol. The molecule has 1 aliphatic heterocycles. The molecule has 1 fully saturated rings. The van der Waals surface area contributed by atoms with Crippen molar-refractivity contribution >= 4 is 11.6 Å². The molecule has 6 heteroatoms. The fourth-order valence-electron chi connectivity index (χ4n) is 2.47. The molecule has 1 aliphatic rings. The van der Waals surface area contributed by atoms with E-state index in [1.54, 1.807) is 13.2 Å². The van der Waals surface area contributed by atoms with Gasteiger partial charge in [0.15, 0.2) is 0 Å². The van der Waals surface area contributed by atoms with Gasteiger partial charge in [0.2, 0.25) is 5.91 Å². The molecule has 0 bridgehead atoms. The smallest absolute Gasteiger partial charge is 0.239 e. The third kappa shape index (κ3) is 3.86. The highest BCUT2D eigenvalue weighted by molar-refractivity contribution is 5.82. The van der Waals surface area contributed by atoms with Crippen molar-refractivity contribution in [3.8, 4) is 5.75 Å². The first-order valence-electron chi connectivity index (χ1n) is 7.17. The van der Waals surface area contributed by atoms with Crippen molar-refractivity contribution in [2.75, 3.05) is 39.1 Å². The minimum atomic E-state index is -0.263. The van der Waals surface area contributed by atoms with Gasteiger partial charge in [-0.25, -0.2) is 0 Å². The van der Waals surface area contributed by atoms with E-state index in [0.29, 0.717) is 32.0 Å². The van der Waals surface area contributed by atoms with Crippen LogP contribution in [0.4, 0.5) is 5.69 Å². The van der Waals surface area contributed by atoms with Gasteiger partial charge in [0.05, 0.1) is 20.3 Å². The molecular weight excluding hydrogens is 270 g/mol. The minimum absolute atomic E-state index is 0.00612. The summed E-state index contributed by atoms with van der Waals surface area (Å²) in [6.45, 7) is 4.93. The number of methoxy groups -OCH3 is 1. The number of ether oxygens (including phenoxy) is 2. The third-order valence-electron chi connectivity index (χ3n) is 3.58. The van der Waals surface area contributed by atoms with Crippen LogP contribution in [-0.4, -0.2) is 50.3 Å². The van der Waals surface area contributed by atoms with E-state index in [4.69, 9.17) is 15.2 Å². The lowest BCUT2D eigenvalue weighted by molar-refractivity contribution is -0.132. The number of nitrogens with two attached hydrogens (primary N) is 1. The van der Waals surface area contributed by atoms with Gasteiger partial charge in [-0.05, 0) is 13.0 Å². The van der Waals surface area contributed by atoms with Crippen molar-refractivity contribution in [3.05, 3.63) is 23.8 Å². The SMILES string of the molecule is CCNC(=O)C1COCCN1Cc1ccc(N)cc1OC. The Bertz CT molecular complexity index is 493. The Balaban J connectivity index is 2.13. The Morgan fingerprint density at radius 2 is 2.38 bits per heavy atom. The monoisotopic (exact) mass is 293 g/mol. The molecule has 1 saturated heterocycles. The second-order valence-corrected chi connectivity index (χ2v) is 5.03. The Hall–Kier alpha value is -1.79. The maximum Gasteiger partial charge on any atom is 0.239 e. The highest BCUT2D eigenvalue weighted by Gasteiger charge is 2.29. The molecule has 0 aliphatic carbocycles. The largest absolute Gasteiger partial charge is 0.496 e. The van der Waals surface area contributed by atoms with Gasteiger partial charge in [0.1, 0.15) is 11.8 Å². The number of likely N-dealkylation sites (N-methyl/N-ethyl adjacent to an activating group) is 1. The predicted octanol–water partition coefficient (Wildman–Crippen LogP) is 0.614. The summed E-state index contributed by atoms with van der Waals surface area (Å²) in [7, 11) is 1.62. The lowest BCUT2D eigenvalue weighted by atomic mass is 10.1. The summed E-state index contributed by atoms with van der Waals surface area (Å²) in [5, 5.41) is 2.86. The van der Waals surface area contributed by atoms with Gasteiger partial charge in [-0.1, -0.05) is 6.07 Å². The first-order chi connectivity index (χ1) is 10.2. The van der Waals surface area contributed by atoms with Crippen LogP contribution in [-0.2, 0) is 16.1 Å². The number of rotatable bonds is 5. The van der Waals surface area contributed by atoms with Gasteiger partial charge in [-0.3, -0.25) is 9.69 Å². The summed E-state index contributed by atoms with van der Waals surface area (Å²) in [4.78, 5) is 14.2. The number of nitrogens with one attached hydrogen (secondary N) is 1. The molecular formula is C15H23N3O3. The Labute approximate surface area is 125 Å². The van der Waals surface area contributed by atoms with Crippen molar-refractivity contribution in [2.45, 2.75) is 19.5 Å². The molecule has 1 aromatic rings. The first kappa shape index (κ1) is 15.6. The molecule has 0 radical (unpaired) electrons. The normalized spacial score (nSPS) is 19.2. The van der Waals surface area contributed by atoms with Crippen LogP contribution in [0.1, 0.15) is 12.5 Å². The molecule has 6 nitrogen and oxygen atoms in total. The van der Waals surface area contributed by atoms with Crippen LogP contribution in [0.25, 0.3) is 0 Å². The van der Waals surface area contributed by atoms with Gasteiger partial charge >= 0.3 is 0 Å². The molecule has 1 amide bonds. The van der Waals surface area contributed by atoms with Crippen molar-refractivity contribution in [2.24, 2.45) is 0 Å². The van der Waals surface area contributed by atoms with E-state index in [2.05, 4.69) is 10.2 Å². The number of benzene rings is 1. The summed E-state index contributed by atoms with van der Waals surface area (Å²) in [5.74, 6) is 0.753. The van der Waals surface area contributed by atoms with E-state index >= 15 is 0 Å². The number of morpholine rings is 1. The number of nitrogen functional groups attached to an aromatic ring is 1. The van der Waals surface area contributed by atoms with E-state index in [1.807, 2.05) is 19.1 Å². The number of anilines is 1. The lowest BCUT2D eigenvalue weighted by Crippen LogP contribution is -2.53. The van der Waals surface area contributed by atoms with Crippen molar-refractivity contribution in [1.82, 2.24) is 10.2 Å². The predicted molar refractivity (Wildman–Crippen MR) is 81.1 cm³/mol. The second kappa shape index (κ2) is 7.28. The molecule has 0 saturated carbocycles. The average Bonchev–Trinajstić information content (AvgIpc) is 2.49. The molecule has 0 spiro atoms. The second-order valence-electron chi connectivity index (χ2n) is 5.03. The van der Waals surface area contributed by atoms with Crippen molar-refractivity contribution < 1.29 is 14.3 Å². The van der Waals surface area contributed by atoms with Crippen LogP contribution in [0.2, 0.25) is 0 Å². The van der Waals surface area contributed by atoms with Gasteiger partial charge in [0.25, 0.3) is 0 Å². The Morgan fingerprint density at radius 1 is 1.57 bits per heavy atom. The topological polar surface area (TPSA) is 76.8 Å². The summed E-state index contributed by atoms with van der Waals surface area (Å²) in [6.07, 6.45) is 0. The zero-order valence-electron chi connectivity index (χ0n) is 12.6. The standard InChI is InChI=1S/C15H23N3O3/c1-3-17-15(19)13-10-21-7-6-18(13)9-11-4-5-12(16)8-14(11)20-2/h4-5,8,13H,3,6-7,9-10,16H2,1-2H3,(H,17,19). The number of hydrogen-bond donors (Lipinski definition) is 2. The van der Waals surface area contributed by atoms with Crippen LogP contribution < -0.4 is 15.8 Å². The van der Waals surface area contributed by atoms with Crippen molar-refractivity contribution in [1.29, 1.82) is 0 Å². The van der Waals surface area contributed by atoms with E-state index < -0.39 is 0 Å². The molecule has 116 valence electrons. The van der Waals surface area contributed by atoms with Crippen LogP contribution >= 0.6 is 0 Å². The van der Waals surface area contributed by atoms with E-state index in [0.717, 1.165) is 17.9 Å². The third-order valence-corrected chi connectivity index (χ3v) is 3.58. The molecule has 1 aromatic carbocycles. The lowest BCUT2D eigenvalue weighted by Gasteiger charge is -2.34. The highest BCUT2D eigenvalue weighted by atomic mass is 16.5. The van der Waals surface area contributed by atoms with Crippen LogP contribution in [0.15, 0.2) is 18.2 Å². The number of amides is 1.